The number of rotatable bonds is 2. The molecule has 1 rings (SSSR count). The topological polar surface area (TPSA) is 89.8 Å². The fraction of sp³-hybridized carbons (Fsp3) is 0.500. The molecule has 5 N–H and O–H groups in total. The fourth-order valence-electron chi connectivity index (χ4n) is 0.905. The molecule has 0 aliphatic rings. The van der Waals surface area contributed by atoms with Gasteiger partial charge in [-0.25, -0.2) is 0 Å². The summed E-state index contributed by atoms with van der Waals surface area (Å²) in [7, 11) is 0. The standard InChI is InChI=1S/C6H12N4O/c1-2-3-10-5(8)4(7)6(11)9-10/h2-3,7-8H2,1H3,(H,9,11). The zero-order chi connectivity index (χ0) is 8.43. The van der Waals surface area contributed by atoms with Gasteiger partial charge in [-0.1, -0.05) is 6.92 Å². The number of nitrogens with two attached hydrogens (primary N) is 2. The molecule has 11 heavy (non-hydrogen) atoms. The zero-order valence-electron chi connectivity index (χ0n) is 6.42. The van der Waals surface area contributed by atoms with Crippen LogP contribution in [0.25, 0.3) is 0 Å². The van der Waals surface area contributed by atoms with Gasteiger partial charge in [0, 0.05) is 6.54 Å². The van der Waals surface area contributed by atoms with Crippen molar-refractivity contribution in [2.75, 3.05) is 11.5 Å². The maximum atomic E-state index is 10.9. The first-order valence-electron chi connectivity index (χ1n) is 3.50. The van der Waals surface area contributed by atoms with E-state index in [9.17, 15) is 4.79 Å². The number of nitrogen functional groups attached to an aromatic ring is 2. The van der Waals surface area contributed by atoms with E-state index in [2.05, 4.69) is 5.10 Å². The van der Waals surface area contributed by atoms with Crippen molar-refractivity contribution in [2.45, 2.75) is 19.9 Å². The molecule has 62 valence electrons. The number of aromatic nitrogens is 2. The molecule has 0 bridgehead atoms. The number of nitrogens with zero attached hydrogens (tertiary/aromatic N) is 1. The molecule has 0 amide bonds. The molecule has 0 spiro atoms. The molecule has 5 heteroatoms. The molecule has 0 saturated carbocycles. The summed E-state index contributed by atoms with van der Waals surface area (Å²) in [6, 6.07) is 0. The Labute approximate surface area is 64.0 Å². The molecule has 0 fully saturated rings. The van der Waals surface area contributed by atoms with Crippen molar-refractivity contribution in [1.82, 2.24) is 9.78 Å². The van der Waals surface area contributed by atoms with E-state index in [-0.39, 0.29) is 11.2 Å². The second kappa shape index (κ2) is 2.69. The minimum atomic E-state index is -0.309. The van der Waals surface area contributed by atoms with E-state index in [0.29, 0.717) is 12.4 Å². The van der Waals surface area contributed by atoms with Crippen LogP contribution in [0.5, 0.6) is 0 Å². The summed E-state index contributed by atoms with van der Waals surface area (Å²) < 4.78 is 1.55. The average Bonchev–Trinajstić information content (AvgIpc) is 2.19. The summed E-state index contributed by atoms with van der Waals surface area (Å²) in [4.78, 5) is 10.9. The highest BCUT2D eigenvalue weighted by Crippen LogP contribution is 2.06. The molecule has 1 aromatic heterocycles. The molecule has 1 aromatic rings. The number of aryl methyl sites for hydroxylation is 1. The minimum absolute atomic E-state index is 0.110. The van der Waals surface area contributed by atoms with Gasteiger partial charge in [-0.15, -0.1) is 0 Å². The van der Waals surface area contributed by atoms with E-state index in [4.69, 9.17) is 11.5 Å². The lowest BCUT2D eigenvalue weighted by Gasteiger charge is -2.00. The molecule has 5 nitrogen and oxygen atoms in total. The Morgan fingerprint density at radius 3 is 2.55 bits per heavy atom. The second-order valence-corrected chi connectivity index (χ2v) is 2.39. The van der Waals surface area contributed by atoms with Crippen molar-refractivity contribution in [1.29, 1.82) is 0 Å². The van der Waals surface area contributed by atoms with Crippen LogP contribution in [-0.2, 0) is 6.54 Å². The number of aromatic amines is 1. The van der Waals surface area contributed by atoms with Crippen molar-refractivity contribution < 1.29 is 0 Å². The molecular formula is C6H12N4O. The Morgan fingerprint density at radius 2 is 2.18 bits per heavy atom. The van der Waals surface area contributed by atoms with Crippen LogP contribution in [-0.4, -0.2) is 9.78 Å². The summed E-state index contributed by atoms with van der Waals surface area (Å²) in [5, 5.41) is 2.52. The van der Waals surface area contributed by atoms with Gasteiger partial charge in [-0.3, -0.25) is 14.6 Å². The van der Waals surface area contributed by atoms with Gasteiger partial charge in [-0.05, 0) is 6.42 Å². The molecule has 0 atom stereocenters. The summed E-state index contributed by atoms with van der Waals surface area (Å²) in [6.45, 7) is 2.69. The third kappa shape index (κ3) is 1.21. The minimum Gasteiger partial charge on any atom is -0.391 e. The largest absolute Gasteiger partial charge is 0.391 e. The van der Waals surface area contributed by atoms with Gasteiger partial charge < -0.3 is 11.5 Å². The molecular weight excluding hydrogens is 144 g/mol. The van der Waals surface area contributed by atoms with Crippen LogP contribution >= 0.6 is 0 Å². The first-order chi connectivity index (χ1) is 5.16. The van der Waals surface area contributed by atoms with E-state index in [0.717, 1.165) is 6.42 Å². The number of H-pyrrole nitrogens is 1. The average molecular weight is 156 g/mol. The summed E-state index contributed by atoms with van der Waals surface area (Å²) >= 11 is 0. The van der Waals surface area contributed by atoms with Crippen LogP contribution in [0.15, 0.2) is 4.79 Å². The molecule has 0 aliphatic heterocycles. The van der Waals surface area contributed by atoms with Gasteiger partial charge in [0.05, 0.1) is 0 Å². The molecule has 0 aliphatic carbocycles. The number of hydrogen-bond acceptors (Lipinski definition) is 3. The Kier molecular flexibility index (Phi) is 1.89. The number of nitrogens with one attached hydrogen (secondary N) is 1. The molecule has 0 saturated heterocycles. The van der Waals surface area contributed by atoms with Gasteiger partial charge in [0.15, 0.2) is 0 Å². The van der Waals surface area contributed by atoms with E-state index in [1.165, 1.54) is 0 Å². The maximum Gasteiger partial charge on any atom is 0.289 e. The number of hydrogen-bond donors (Lipinski definition) is 3. The zero-order valence-corrected chi connectivity index (χ0v) is 6.42. The fourth-order valence-corrected chi connectivity index (χ4v) is 0.905. The summed E-state index contributed by atoms with van der Waals surface area (Å²) in [5.41, 5.74) is 10.6. The lowest BCUT2D eigenvalue weighted by molar-refractivity contribution is 0.606. The first kappa shape index (κ1) is 7.71. The highest BCUT2D eigenvalue weighted by molar-refractivity contribution is 5.56. The Hall–Kier alpha value is -1.39. The highest BCUT2D eigenvalue weighted by atomic mass is 16.1. The van der Waals surface area contributed by atoms with Crippen LogP contribution in [0.3, 0.4) is 0 Å². The Bertz CT molecular complexity index is 298. The normalized spacial score (nSPS) is 10.3. The van der Waals surface area contributed by atoms with Crippen LogP contribution in [0.2, 0.25) is 0 Å². The van der Waals surface area contributed by atoms with Crippen molar-refractivity contribution in [3.8, 4) is 0 Å². The predicted octanol–water partition coefficient (Wildman–Crippen LogP) is -0.249. The molecule has 0 radical (unpaired) electrons. The lowest BCUT2D eigenvalue weighted by atomic mass is 10.5. The van der Waals surface area contributed by atoms with Gasteiger partial charge in [0.1, 0.15) is 11.5 Å². The van der Waals surface area contributed by atoms with Crippen LogP contribution in [0.4, 0.5) is 11.5 Å². The monoisotopic (exact) mass is 156 g/mol. The van der Waals surface area contributed by atoms with Gasteiger partial charge in [0.2, 0.25) is 0 Å². The number of anilines is 2. The summed E-state index contributed by atoms with van der Waals surface area (Å²) in [6.07, 6.45) is 0.911. The SMILES string of the molecule is CCCn1[nH]c(=O)c(N)c1N. The molecule has 0 unspecified atom stereocenters. The van der Waals surface area contributed by atoms with E-state index in [1.807, 2.05) is 6.92 Å². The van der Waals surface area contributed by atoms with Gasteiger partial charge >= 0.3 is 0 Å². The van der Waals surface area contributed by atoms with Crippen molar-refractivity contribution in [2.24, 2.45) is 0 Å². The molecule has 1 heterocycles. The van der Waals surface area contributed by atoms with E-state index < -0.39 is 0 Å². The third-order valence-corrected chi connectivity index (χ3v) is 1.50. The van der Waals surface area contributed by atoms with Crippen molar-refractivity contribution in [3.63, 3.8) is 0 Å². The Morgan fingerprint density at radius 1 is 1.55 bits per heavy atom. The first-order valence-corrected chi connectivity index (χ1v) is 3.50. The van der Waals surface area contributed by atoms with Gasteiger partial charge in [-0.2, -0.15) is 0 Å². The smallest absolute Gasteiger partial charge is 0.289 e. The van der Waals surface area contributed by atoms with E-state index >= 15 is 0 Å². The highest BCUT2D eigenvalue weighted by Gasteiger charge is 2.05. The quantitative estimate of drug-likeness (QED) is 0.551. The van der Waals surface area contributed by atoms with Crippen LogP contribution in [0, 0.1) is 0 Å². The van der Waals surface area contributed by atoms with Crippen LogP contribution in [0.1, 0.15) is 13.3 Å². The van der Waals surface area contributed by atoms with E-state index in [1.54, 1.807) is 4.68 Å². The summed E-state index contributed by atoms with van der Waals surface area (Å²) in [5.74, 6) is 0.330. The maximum absolute atomic E-state index is 10.9. The van der Waals surface area contributed by atoms with Crippen molar-refractivity contribution >= 4 is 11.5 Å². The molecule has 0 aromatic carbocycles. The van der Waals surface area contributed by atoms with Gasteiger partial charge in [0.25, 0.3) is 5.56 Å². The third-order valence-electron chi connectivity index (χ3n) is 1.50. The lowest BCUT2D eigenvalue weighted by Crippen LogP contribution is -2.07. The van der Waals surface area contributed by atoms with Crippen molar-refractivity contribution in [3.05, 3.63) is 10.4 Å². The Balaban J connectivity index is 3.08. The van der Waals surface area contributed by atoms with Crippen LogP contribution < -0.4 is 17.0 Å². The second-order valence-electron chi connectivity index (χ2n) is 2.39. The predicted molar refractivity (Wildman–Crippen MR) is 44.2 cm³/mol.